The third kappa shape index (κ3) is 1.96. The van der Waals surface area contributed by atoms with Crippen molar-refractivity contribution in [1.82, 2.24) is 9.55 Å². The predicted molar refractivity (Wildman–Crippen MR) is 58.4 cm³/mol. The minimum absolute atomic E-state index is 0.538. The maximum absolute atomic E-state index is 10.3. The van der Waals surface area contributed by atoms with Crippen molar-refractivity contribution < 1.29 is 5.11 Å². The van der Waals surface area contributed by atoms with Crippen LogP contribution in [0.15, 0.2) is 12.4 Å². The highest BCUT2D eigenvalue weighted by molar-refractivity contribution is 8.00. The van der Waals surface area contributed by atoms with Crippen LogP contribution in [0, 0.1) is 0 Å². The van der Waals surface area contributed by atoms with Crippen molar-refractivity contribution in [1.29, 1.82) is 0 Å². The highest BCUT2D eigenvalue weighted by atomic mass is 32.2. The molecule has 3 nitrogen and oxygen atoms in total. The molecule has 1 aromatic rings. The van der Waals surface area contributed by atoms with Gasteiger partial charge in [0.25, 0.3) is 0 Å². The zero-order chi connectivity index (χ0) is 10.2. The summed E-state index contributed by atoms with van der Waals surface area (Å²) in [7, 11) is 1.97. The monoisotopic (exact) mass is 212 g/mol. The second kappa shape index (κ2) is 3.59. The lowest BCUT2D eigenvalue weighted by Crippen LogP contribution is -2.32. The summed E-state index contributed by atoms with van der Waals surface area (Å²) in [5.41, 5.74) is -0.538. The summed E-state index contributed by atoms with van der Waals surface area (Å²) in [6.45, 7) is 2.17. The second-order valence-corrected chi connectivity index (χ2v) is 5.61. The zero-order valence-corrected chi connectivity index (χ0v) is 9.42. The maximum atomic E-state index is 10.3. The van der Waals surface area contributed by atoms with Crippen molar-refractivity contribution in [2.24, 2.45) is 7.05 Å². The Morgan fingerprint density at radius 1 is 1.79 bits per heavy atom. The van der Waals surface area contributed by atoms with Gasteiger partial charge in [0.2, 0.25) is 0 Å². The topological polar surface area (TPSA) is 38.1 Å². The first-order valence-corrected chi connectivity index (χ1v) is 5.94. The van der Waals surface area contributed by atoms with Gasteiger partial charge in [-0.05, 0) is 6.42 Å². The zero-order valence-electron chi connectivity index (χ0n) is 8.60. The third-order valence-electron chi connectivity index (χ3n) is 2.71. The molecule has 78 valence electrons. The molecule has 0 aromatic carbocycles. The summed E-state index contributed by atoms with van der Waals surface area (Å²) >= 11 is 1.84. The average Bonchev–Trinajstić information content (AvgIpc) is 2.62. The van der Waals surface area contributed by atoms with E-state index >= 15 is 0 Å². The summed E-state index contributed by atoms with van der Waals surface area (Å²) < 4.78 is 1.98. The van der Waals surface area contributed by atoms with Gasteiger partial charge in [-0.1, -0.05) is 6.92 Å². The Morgan fingerprint density at radius 3 is 3.07 bits per heavy atom. The van der Waals surface area contributed by atoms with Gasteiger partial charge < -0.3 is 9.67 Å². The third-order valence-corrected chi connectivity index (χ3v) is 4.15. The molecule has 0 spiro atoms. The molecular weight excluding hydrogens is 196 g/mol. The van der Waals surface area contributed by atoms with Crippen molar-refractivity contribution >= 4 is 11.8 Å². The van der Waals surface area contributed by atoms with Crippen LogP contribution in [0.5, 0.6) is 0 Å². The lowest BCUT2D eigenvalue weighted by Gasteiger charge is -2.20. The van der Waals surface area contributed by atoms with Crippen molar-refractivity contribution in [2.75, 3.05) is 5.75 Å². The normalized spacial score (nSPS) is 32.4. The Kier molecular flexibility index (Phi) is 2.58. The molecule has 1 saturated heterocycles. The molecule has 0 radical (unpaired) electrons. The average molecular weight is 212 g/mol. The molecule has 2 atom stereocenters. The molecule has 14 heavy (non-hydrogen) atoms. The molecule has 1 N–H and O–H groups in total. The molecule has 1 aromatic heterocycles. The van der Waals surface area contributed by atoms with Gasteiger partial charge in [-0.3, -0.25) is 0 Å². The van der Waals surface area contributed by atoms with Crippen LogP contribution in [0.25, 0.3) is 0 Å². The Bertz CT molecular complexity index is 326. The van der Waals surface area contributed by atoms with Crippen molar-refractivity contribution in [3.05, 3.63) is 18.2 Å². The van der Waals surface area contributed by atoms with Crippen LogP contribution in [0.1, 0.15) is 19.2 Å². The first-order valence-electron chi connectivity index (χ1n) is 4.89. The van der Waals surface area contributed by atoms with Gasteiger partial charge in [-0.15, -0.1) is 0 Å². The van der Waals surface area contributed by atoms with Crippen molar-refractivity contribution in [3.63, 3.8) is 0 Å². The van der Waals surface area contributed by atoms with Gasteiger partial charge in [0, 0.05) is 36.9 Å². The van der Waals surface area contributed by atoms with Crippen LogP contribution in [0.2, 0.25) is 0 Å². The quantitative estimate of drug-likeness (QED) is 0.801. The van der Waals surface area contributed by atoms with Crippen LogP contribution < -0.4 is 0 Å². The van der Waals surface area contributed by atoms with E-state index in [9.17, 15) is 5.11 Å². The number of rotatable bonds is 2. The molecule has 0 bridgehead atoms. The number of aliphatic hydroxyl groups is 1. The summed E-state index contributed by atoms with van der Waals surface area (Å²) in [6.07, 6.45) is 5.26. The molecule has 0 saturated carbocycles. The number of aryl methyl sites for hydroxylation is 1. The largest absolute Gasteiger partial charge is 0.389 e. The fourth-order valence-corrected chi connectivity index (χ4v) is 3.18. The number of nitrogens with zero attached hydrogens (tertiary/aromatic N) is 2. The molecule has 1 aliphatic rings. The Hall–Kier alpha value is -0.480. The summed E-state index contributed by atoms with van der Waals surface area (Å²) in [4.78, 5) is 4.24. The van der Waals surface area contributed by atoms with E-state index in [2.05, 4.69) is 11.9 Å². The van der Waals surface area contributed by atoms with Crippen LogP contribution >= 0.6 is 11.8 Å². The van der Waals surface area contributed by atoms with E-state index in [0.717, 1.165) is 18.0 Å². The maximum Gasteiger partial charge on any atom is 0.111 e. The molecule has 4 heteroatoms. The molecule has 2 heterocycles. The van der Waals surface area contributed by atoms with Crippen molar-refractivity contribution in [3.8, 4) is 0 Å². The van der Waals surface area contributed by atoms with Crippen LogP contribution in [-0.4, -0.2) is 31.3 Å². The summed E-state index contributed by atoms with van der Waals surface area (Å²) in [5, 5.41) is 10.9. The van der Waals surface area contributed by atoms with E-state index in [-0.39, 0.29) is 0 Å². The molecule has 0 amide bonds. The molecule has 1 aliphatic heterocycles. The lowest BCUT2D eigenvalue weighted by molar-refractivity contribution is 0.0615. The molecular formula is C10H16N2OS. The van der Waals surface area contributed by atoms with Crippen molar-refractivity contribution in [2.45, 2.75) is 30.6 Å². The Morgan fingerprint density at radius 2 is 2.57 bits per heavy atom. The molecule has 1 fully saturated rings. The summed E-state index contributed by atoms with van der Waals surface area (Å²) in [6, 6.07) is 0. The minimum atomic E-state index is -0.538. The standard InChI is InChI=1S/C10H16N2OS/c1-8-5-10(13,7-14-8)6-9-11-3-4-12(9)2/h3-4,8,13H,5-7H2,1-2H3. The fraction of sp³-hybridized carbons (Fsp3) is 0.700. The molecule has 2 rings (SSSR count). The first kappa shape index (κ1) is 10.1. The molecule has 2 unspecified atom stereocenters. The highest BCUT2D eigenvalue weighted by Crippen LogP contribution is 2.36. The summed E-state index contributed by atoms with van der Waals surface area (Å²) in [5.74, 6) is 1.81. The Balaban J connectivity index is 2.07. The minimum Gasteiger partial charge on any atom is -0.389 e. The van der Waals surface area contributed by atoms with Gasteiger partial charge in [-0.2, -0.15) is 11.8 Å². The van der Waals surface area contributed by atoms with Gasteiger partial charge >= 0.3 is 0 Å². The molecule has 0 aliphatic carbocycles. The smallest absolute Gasteiger partial charge is 0.111 e. The van der Waals surface area contributed by atoms with Crippen LogP contribution in [-0.2, 0) is 13.5 Å². The van der Waals surface area contributed by atoms with Crippen LogP contribution in [0.3, 0.4) is 0 Å². The highest BCUT2D eigenvalue weighted by Gasteiger charge is 2.36. The van der Waals surface area contributed by atoms with E-state index in [1.165, 1.54) is 0 Å². The number of hydrogen-bond acceptors (Lipinski definition) is 3. The predicted octanol–water partition coefficient (Wildman–Crippen LogP) is 1.22. The van der Waals surface area contributed by atoms with E-state index in [1.54, 1.807) is 6.20 Å². The Labute approximate surface area is 88.5 Å². The van der Waals surface area contributed by atoms with Crippen LogP contribution in [0.4, 0.5) is 0 Å². The van der Waals surface area contributed by atoms with E-state index in [4.69, 9.17) is 0 Å². The van der Waals surface area contributed by atoms with E-state index < -0.39 is 5.60 Å². The lowest BCUT2D eigenvalue weighted by atomic mass is 9.96. The first-order chi connectivity index (χ1) is 6.59. The second-order valence-electron chi connectivity index (χ2n) is 4.18. The number of aromatic nitrogens is 2. The van der Waals surface area contributed by atoms with E-state index in [1.807, 2.05) is 29.6 Å². The van der Waals surface area contributed by atoms with Gasteiger partial charge in [0.15, 0.2) is 0 Å². The number of imidazole rings is 1. The number of thioether (sulfide) groups is 1. The fourth-order valence-electron chi connectivity index (χ4n) is 1.93. The van der Waals surface area contributed by atoms with E-state index in [0.29, 0.717) is 11.7 Å². The van der Waals surface area contributed by atoms with Gasteiger partial charge in [0.05, 0.1) is 5.60 Å². The van der Waals surface area contributed by atoms with Gasteiger partial charge in [0.1, 0.15) is 5.82 Å². The SMILES string of the molecule is CC1CC(O)(Cc2nccn2C)CS1. The van der Waals surface area contributed by atoms with Gasteiger partial charge in [-0.25, -0.2) is 4.98 Å². The number of hydrogen-bond donors (Lipinski definition) is 1.